The van der Waals surface area contributed by atoms with Crippen LogP contribution in [0.1, 0.15) is 16.7 Å². The van der Waals surface area contributed by atoms with Crippen molar-refractivity contribution >= 4 is 5.69 Å². The van der Waals surface area contributed by atoms with Crippen molar-refractivity contribution in [3.05, 3.63) is 28.8 Å². The lowest BCUT2D eigenvalue weighted by Gasteiger charge is -2.07. The summed E-state index contributed by atoms with van der Waals surface area (Å²) in [7, 11) is 0. The molecule has 0 fully saturated rings. The second-order valence-corrected chi connectivity index (χ2v) is 2.74. The number of aryl methyl sites for hydroxylation is 1. The van der Waals surface area contributed by atoms with Crippen molar-refractivity contribution in [3.63, 3.8) is 0 Å². The normalized spacial score (nSPS) is 10.1. The number of hydrogen-bond donors (Lipinski definition) is 2. The van der Waals surface area contributed by atoms with Crippen molar-refractivity contribution in [2.45, 2.75) is 20.5 Å². The molecule has 0 saturated carbocycles. The number of aliphatic hydroxyl groups is 1. The molecule has 3 N–H and O–H groups in total. The Balaban J connectivity index is 3.25. The molecule has 0 heterocycles. The molecule has 2 heteroatoms. The molecule has 0 radical (unpaired) electrons. The van der Waals surface area contributed by atoms with Crippen LogP contribution >= 0.6 is 0 Å². The minimum atomic E-state index is 0.0658. The van der Waals surface area contributed by atoms with Crippen molar-refractivity contribution in [2.75, 3.05) is 5.73 Å². The molecule has 0 atom stereocenters. The van der Waals surface area contributed by atoms with E-state index in [2.05, 4.69) is 0 Å². The lowest BCUT2D eigenvalue weighted by atomic mass is 10.0. The summed E-state index contributed by atoms with van der Waals surface area (Å²) in [5, 5.41) is 8.88. The van der Waals surface area contributed by atoms with Crippen LogP contribution in [0.2, 0.25) is 0 Å². The van der Waals surface area contributed by atoms with Crippen LogP contribution in [0.3, 0.4) is 0 Å². The van der Waals surface area contributed by atoms with Gasteiger partial charge in [0.25, 0.3) is 0 Å². The SMILES string of the molecule is Cc1ccc(CO)c(C)c1N. The second kappa shape index (κ2) is 2.93. The second-order valence-electron chi connectivity index (χ2n) is 2.74. The molecule has 0 aliphatic carbocycles. The molecule has 2 nitrogen and oxygen atoms in total. The van der Waals surface area contributed by atoms with Crippen molar-refractivity contribution in [1.29, 1.82) is 0 Å². The summed E-state index contributed by atoms with van der Waals surface area (Å²) in [5.41, 5.74) is 9.51. The first kappa shape index (κ1) is 8.08. The van der Waals surface area contributed by atoms with Gasteiger partial charge >= 0.3 is 0 Å². The van der Waals surface area contributed by atoms with E-state index in [1.807, 2.05) is 26.0 Å². The average molecular weight is 151 g/mol. The van der Waals surface area contributed by atoms with E-state index >= 15 is 0 Å². The van der Waals surface area contributed by atoms with Crippen LogP contribution in [0.15, 0.2) is 12.1 Å². The van der Waals surface area contributed by atoms with Crippen LogP contribution in [0.4, 0.5) is 5.69 Å². The van der Waals surface area contributed by atoms with Gasteiger partial charge in [0.15, 0.2) is 0 Å². The fraction of sp³-hybridized carbons (Fsp3) is 0.333. The van der Waals surface area contributed by atoms with E-state index in [0.29, 0.717) is 0 Å². The molecule has 0 aliphatic heterocycles. The Morgan fingerprint density at radius 3 is 2.55 bits per heavy atom. The van der Waals surface area contributed by atoms with Gasteiger partial charge < -0.3 is 10.8 Å². The van der Waals surface area contributed by atoms with Crippen molar-refractivity contribution in [3.8, 4) is 0 Å². The summed E-state index contributed by atoms with van der Waals surface area (Å²) in [6.07, 6.45) is 0. The molecular formula is C9H13NO. The highest BCUT2D eigenvalue weighted by atomic mass is 16.3. The highest BCUT2D eigenvalue weighted by Crippen LogP contribution is 2.19. The zero-order valence-electron chi connectivity index (χ0n) is 6.89. The molecular weight excluding hydrogens is 138 g/mol. The van der Waals surface area contributed by atoms with Crippen LogP contribution in [0, 0.1) is 13.8 Å². The minimum Gasteiger partial charge on any atom is -0.398 e. The molecule has 0 saturated heterocycles. The first-order valence-corrected chi connectivity index (χ1v) is 3.62. The number of benzene rings is 1. The molecule has 60 valence electrons. The Labute approximate surface area is 66.7 Å². The van der Waals surface area contributed by atoms with Gasteiger partial charge in [0.2, 0.25) is 0 Å². The third-order valence-electron chi connectivity index (χ3n) is 2.02. The lowest BCUT2D eigenvalue weighted by molar-refractivity contribution is 0.281. The Bertz CT molecular complexity index is 269. The maximum atomic E-state index is 8.88. The predicted octanol–water partition coefficient (Wildman–Crippen LogP) is 1.38. The van der Waals surface area contributed by atoms with Gasteiger partial charge in [-0.15, -0.1) is 0 Å². The Morgan fingerprint density at radius 1 is 1.36 bits per heavy atom. The Kier molecular flexibility index (Phi) is 2.15. The highest BCUT2D eigenvalue weighted by Gasteiger charge is 2.01. The van der Waals surface area contributed by atoms with E-state index < -0.39 is 0 Å². The summed E-state index contributed by atoms with van der Waals surface area (Å²) in [6.45, 7) is 3.95. The average Bonchev–Trinajstić information content (AvgIpc) is 2.01. The molecule has 0 amide bonds. The zero-order chi connectivity index (χ0) is 8.43. The van der Waals surface area contributed by atoms with Crippen LogP contribution in [-0.4, -0.2) is 5.11 Å². The first-order chi connectivity index (χ1) is 5.16. The number of nitrogens with two attached hydrogens (primary N) is 1. The van der Waals surface area contributed by atoms with Crippen molar-refractivity contribution in [2.24, 2.45) is 0 Å². The molecule has 0 unspecified atom stereocenters. The zero-order valence-corrected chi connectivity index (χ0v) is 6.89. The van der Waals surface area contributed by atoms with Crippen LogP contribution in [0.5, 0.6) is 0 Å². The van der Waals surface area contributed by atoms with Gasteiger partial charge in [-0.25, -0.2) is 0 Å². The molecule has 11 heavy (non-hydrogen) atoms. The van der Waals surface area contributed by atoms with E-state index in [0.717, 1.165) is 22.4 Å². The van der Waals surface area contributed by atoms with E-state index in [9.17, 15) is 0 Å². The number of hydrogen-bond acceptors (Lipinski definition) is 2. The quantitative estimate of drug-likeness (QED) is 0.595. The maximum absolute atomic E-state index is 8.88. The molecule has 0 spiro atoms. The first-order valence-electron chi connectivity index (χ1n) is 3.62. The van der Waals surface area contributed by atoms with Gasteiger partial charge in [0.1, 0.15) is 0 Å². The van der Waals surface area contributed by atoms with Gasteiger partial charge in [-0.3, -0.25) is 0 Å². The van der Waals surface area contributed by atoms with Crippen LogP contribution < -0.4 is 5.73 Å². The smallest absolute Gasteiger partial charge is 0.0685 e. The minimum absolute atomic E-state index is 0.0658. The highest BCUT2D eigenvalue weighted by molar-refractivity contribution is 5.55. The Morgan fingerprint density at radius 2 is 2.00 bits per heavy atom. The van der Waals surface area contributed by atoms with E-state index in [1.54, 1.807) is 0 Å². The van der Waals surface area contributed by atoms with Gasteiger partial charge in [0, 0.05) is 5.69 Å². The number of rotatable bonds is 1. The molecule has 0 aliphatic rings. The van der Waals surface area contributed by atoms with Gasteiger partial charge in [-0.2, -0.15) is 0 Å². The Hall–Kier alpha value is -1.02. The van der Waals surface area contributed by atoms with Gasteiger partial charge in [0.05, 0.1) is 6.61 Å². The number of aliphatic hydroxyl groups excluding tert-OH is 1. The topological polar surface area (TPSA) is 46.2 Å². The fourth-order valence-electron chi connectivity index (χ4n) is 1.08. The number of anilines is 1. The molecule has 1 rings (SSSR count). The molecule has 0 bridgehead atoms. The van der Waals surface area contributed by atoms with Gasteiger partial charge in [-0.05, 0) is 30.5 Å². The standard InChI is InChI=1S/C9H13NO/c1-6-3-4-8(5-11)7(2)9(6)10/h3-4,11H,5,10H2,1-2H3. The third-order valence-corrected chi connectivity index (χ3v) is 2.02. The van der Waals surface area contributed by atoms with Gasteiger partial charge in [-0.1, -0.05) is 12.1 Å². The van der Waals surface area contributed by atoms with E-state index in [4.69, 9.17) is 10.8 Å². The van der Waals surface area contributed by atoms with Crippen LogP contribution in [0.25, 0.3) is 0 Å². The summed E-state index contributed by atoms with van der Waals surface area (Å²) < 4.78 is 0. The summed E-state index contributed by atoms with van der Waals surface area (Å²) in [5.74, 6) is 0. The van der Waals surface area contributed by atoms with E-state index in [1.165, 1.54) is 0 Å². The molecule has 1 aromatic rings. The van der Waals surface area contributed by atoms with Crippen molar-refractivity contribution in [1.82, 2.24) is 0 Å². The van der Waals surface area contributed by atoms with Crippen LogP contribution in [-0.2, 0) is 6.61 Å². The monoisotopic (exact) mass is 151 g/mol. The summed E-state index contributed by atoms with van der Waals surface area (Å²) >= 11 is 0. The molecule has 0 aromatic heterocycles. The summed E-state index contributed by atoms with van der Waals surface area (Å²) in [6, 6.07) is 3.83. The number of nitrogen functional groups attached to an aromatic ring is 1. The van der Waals surface area contributed by atoms with Crippen molar-refractivity contribution < 1.29 is 5.11 Å². The fourth-order valence-corrected chi connectivity index (χ4v) is 1.08. The predicted molar refractivity (Wildman–Crippen MR) is 46.3 cm³/mol. The molecule has 1 aromatic carbocycles. The van der Waals surface area contributed by atoms with E-state index in [-0.39, 0.29) is 6.61 Å². The summed E-state index contributed by atoms with van der Waals surface area (Å²) in [4.78, 5) is 0. The third kappa shape index (κ3) is 1.35. The maximum Gasteiger partial charge on any atom is 0.0685 e. The lowest BCUT2D eigenvalue weighted by Crippen LogP contribution is -1.97. The largest absolute Gasteiger partial charge is 0.398 e.